The van der Waals surface area contributed by atoms with Crippen molar-refractivity contribution in [3.05, 3.63) is 16.3 Å². The van der Waals surface area contributed by atoms with Crippen molar-refractivity contribution in [2.24, 2.45) is 0 Å². The molecule has 0 aromatic carbocycles. The second-order valence-electron chi connectivity index (χ2n) is 8.60. The zero-order valence-corrected chi connectivity index (χ0v) is 18.4. The largest absolute Gasteiger partial charge is 0.472 e. The van der Waals surface area contributed by atoms with Crippen LogP contribution in [0.2, 0.25) is 18.1 Å². The quantitative estimate of drug-likeness (QED) is 0.181. The lowest BCUT2D eigenvalue weighted by Gasteiger charge is -2.36. The fraction of sp³-hybridized carbons (Fsp3) is 0.833. The van der Waals surface area contributed by atoms with Crippen LogP contribution in [0.5, 0.6) is 5.88 Å². The standard InChI is InChI=1S/C18H33N3O5Si/c1-7-9-14(16-13-25-16)20-12-15(21(22)23)17(19-20)24-10-8-11-26-27(5,6)18(2,3)4/h12,14,16H,7-11,13H2,1-6H3. The Balaban J connectivity index is 1.93. The molecule has 0 spiro atoms. The van der Waals surface area contributed by atoms with Crippen LogP contribution in [0.25, 0.3) is 0 Å². The van der Waals surface area contributed by atoms with Crippen LogP contribution in [-0.4, -0.2) is 48.9 Å². The van der Waals surface area contributed by atoms with Gasteiger partial charge in [-0.15, -0.1) is 5.10 Å². The summed E-state index contributed by atoms with van der Waals surface area (Å²) in [6.07, 6.45) is 4.04. The molecule has 2 rings (SSSR count). The average Bonchev–Trinajstić information content (AvgIpc) is 3.30. The molecule has 2 unspecified atom stereocenters. The van der Waals surface area contributed by atoms with Crippen LogP contribution >= 0.6 is 0 Å². The maximum atomic E-state index is 11.4. The molecule has 1 aliphatic heterocycles. The second kappa shape index (κ2) is 8.70. The number of ether oxygens (including phenoxy) is 2. The SMILES string of the molecule is CCCC(C1CO1)n1cc([N+](=O)[O-])c(OCCCO[Si](C)(C)C(C)(C)C)n1. The van der Waals surface area contributed by atoms with Crippen molar-refractivity contribution in [1.29, 1.82) is 0 Å². The van der Waals surface area contributed by atoms with Crippen molar-refractivity contribution in [3.63, 3.8) is 0 Å². The van der Waals surface area contributed by atoms with Crippen molar-refractivity contribution >= 4 is 14.0 Å². The molecule has 8 nitrogen and oxygen atoms in total. The van der Waals surface area contributed by atoms with Crippen molar-refractivity contribution in [2.45, 2.75) is 77.2 Å². The van der Waals surface area contributed by atoms with Gasteiger partial charge in [-0.1, -0.05) is 34.1 Å². The predicted octanol–water partition coefficient (Wildman–Crippen LogP) is 4.32. The molecule has 0 aliphatic carbocycles. The van der Waals surface area contributed by atoms with E-state index in [4.69, 9.17) is 13.9 Å². The first-order valence-electron chi connectivity index (χ1n) is 9.68. The van der Waals surface area contributed by atoms with E-state index in [0.29, 0.717) is 26.2 Å². The van der Waals surface area contributed by atoms with Crippen molar-refractivity contribution in [3.8, 4) is 5.88 Å². The van der Waals surface area contributed by atoms with Gasteiger partial charge in [0.25, 0.3) is 0 Å². The van der Waals surface area contributed by atoms with E-state index in [1.807, 2.05) is 0 Å². The first-order valence-corrected chi connectivity index (χ1v) is 12.6. The zero-order valence-electron chi connectivity index (χ0n) is 17.4. The highest BCUT2D eigenvalue weighted by atomic mass is 28.4. The summed E-state index contributed by atoms with van der Waals surface area (Å²) in [7, 11) is -1.79. The summed E-state index contributed by atoms with van der Waals surface area (Å²) in [6, 6.07) is 0.0213. The van der Waals surface area contributed by atoms with Crippen LogP contribution < -0.4 is 4.74 Å². The van der Waals surface area contributed by atoms with Crippen LogP contribution in [-0.2, 0) is 9.16 Å². The first kappa shape index (κ1) is 21.8. The molecular weight excluding hydrogens is 366 g/mol. The Hall–Kier alpha value is -1.45. The molecule has 1 aliphatic rings. The monoisotopic (exact) mass is 399 g/mol. The Morgan fingerprint density at radius 3 is 2.63 bits per heavy atom. The van der Waals surface area contributed by atoms with Crippen molar-refractivity contribution in [1.82, 2.24) is 9.78 Å². The molecule has 0 radical (unpaired) electrons. The molecule has 1 fully saturated rings. The Bertz CT molecular complexity index is 637. The van der Waals surface area contributed by atoms with Gasteiger partial charge in [0.05, 0.1) is 24.2 Å². The summed E-state index contributed by atoms with van der Waals surface area (Å²) in [4.78, 5) is 10.9. The van der Waals surface area contributed by atoms with Crippen LogP contribution in [0, 0.1) is 10.1 Å². The summed E-state index contributed by atoms with van der Waals surface area (Å²) in [5, 5.41) is 15.8. The predicted molar refractivity (Wildman–Crippen MR) is 106 cm³/mol. The van der Waals surface area contributed by atoms with E-state index in [1.54, 1.807) is 4.68 Å². The normalized spacial score (nSPS) is 18.4. The lowest BCUT2D eigenvalue weighted by atomic mass is 10.1. The van der Waals surface area contributed by atoms with Gasteiger partial charge in [0, 0.05) is 13.0 Å². The van der Waals surface area contributed by atoms with Crippen molar-refractivity contribution in [2.75, 3.05) is 19.8 Å². The number of rotatable bonds is 11. The Kier molecular flexibility index (Phi) is 7.04. The number of aromatic nitrogens is 2. The van der Waals surface area contributed by atoms with Crippen molar-refractivity contribution < 1.29 is 18.8 Å². The highest BCUT2D eigenvalue weighted by Gasteiger charge is 2.37. The summed E-state index contributed by atoms with van der Waals surface area (Å²) in [6.45, 7) is 14.7. The second-order valence-corrected chi connectivity index (χ2v) is 13.4. The van der Waals surface area contributed by atoms with E-state index in [2.05, 4.69) is 45.9 Å². The minimum absolute atomic E-state index is 0.0213. The van der Waals surface area contributed by atoms with Gasteiger partial charge in [0.2, 0.25) is 0 Å². The summed E-state index contributed by atoms with van der Waals surface area (Å²) < 4.78 is 18.8. The maximum Gasteiger partial charge on any atom is 0.350 e. The Morgan fingerprint density at radius 1 is 1.44 bits per heavy atom. The third-order valence-electron chi connectivity index (χ3n) is 5.39. The van der Waals surface area contributed by atoms with Gasteiger partial charge in [0.15, 0.2) is 8.32 Å². The zero-order chi connectivity index (χ0) is 20.2. The van der Waals surface area contributed by atoms with Gasteiger partial charge in [-0.3, -0.25) is 14.8 Å². The van der Waals surface area contributed by atoms with E-state index < -0.39 is 13.2 Å². The van der Waals surface area contributed by atoms with Gasteiger partial charge in [-0.2, -0.15) is 0 Å². The van der Waals surface area contributed by atoms with E-state index in [1.165, 1.54) is 6.20 Å². The number of hydrogen-bond acceptors (Lipinski definition) is 6. The Morgan fingerprint density at radius 2 is 2.11 bits per heavy atom. The Labute approximate surface area is 162 Å². The highest BCUT2D eigenvalue weighted by Crippen LogP contribution is 2.36. The van der Waals surface area contributed by atoms with Gasteiger partial charge >= 0.3 is 11.6 Å². The molecule has 27 heavy (non-hydrogen) atoms. The number of hydrogen-bond donors (Lipinski definition) is 0. The molecule has 0 saturated carbocycles. The topological polar surface area (TPSA) is 92.0 Å². The summed E-state index contributed by atoms with van der Waals surface area (Å²) >= 11 is 0. The molecule has 154 valence electrons. The molecule has 0 bridgehead atoms. The van der Waals surface area contributed by atoms with E-state index in [-0.39, 0.29) is 28.8 Å². The van der Waals surface area contributed by atoms with Gasteiger partial charge in [-0.25, -0.2) is 0 Å². The fourth-order valence-electron chi connectivity index (χ4n) is 2.60. The smallest absolute Gasteiger partial charge is 0.350 e. The number of epoxide rings is 1. The molecule has 2 heterocycles. The number of nitrogens with zero attached hydrogens (tertiary/aromatic N) is 3. The van der Waals surface area contributed by atoms with Crippen LogP contribution in [0.1, 0.15) is 53.0 Å². The maximum absolute atomic E-state index is 11.4. The van der Waals surface area contributed by atoms with Crippen LogP contribution in [0.15, 0.2) is 6.20 Å². The number of nitro groups is 1. The summed E-state index contributed by atoms with van der Waals surface area (Å²) in [5.41, 5.74) is -0.0953. The van der Waals surface area contributed by atoms with E-state index >= 15 is 0 Å². The van der Waals surface area contributed by atoms with Crippen LogP contribution in [0.3, 0.4) is 0 Å². The summed E-state index contributed by atoms with van der Waals surface area (Å²) in [5.74, 6) is 0.0779. The third kappa shape index (κ3) is 5.76. The van der Waals surface area contributed by atoms with Gasteiger partial charge < -0.3 is 13.9 Å². The third-order valence-corrected chi connectivity index (χ3v) is 9.92. The first-order chi connectivity index (χ1) is 12.6. The average molecular weight is 400 g/mol. The van der Waals surface area contributed by atoms with Gasteiger partial charge in [0.1, 0.15) is 12.3 Å². The molecule has 0 amide bonds. The van der Waals surface area contributed by atoms with E-state index in [9.17, 15) is 10.1 Å². The van der Waals surface area contributed by atoms with E-state index in [0.717, 1.165) is 12.8 Å². The minimum Gasteiger partial charge on any atom is -0.472 e. The lowest BCUT2D eigenvalue weighted by Crippen LogP contribution is -2.41. The molecule has 1 aromatic rings. The minimum atomic E-state index is -1.79. The molecule has 1 aromatic heterocycles. The lowest BCUT2D eigenvalue weighted by molar-refractivity contribution is -0.386. The molecule has 1 saturated heterocycles. The fourth-order valence-corrected chi connectivity index (χ4v) is 3.68. The molecule has 0 N–H and O–H groups in total. The molecule has 2 atom stereocenters. The van der Waals surface area contributed by atoms with Gasteiger partial charge in [-0.05, 0) is 24.6 Å². The molecular formula is C18H33N3O5Si. The highest BCUT2D eigenvalue weighted by molar-refractivity contribution is 6.74. The molecule has 9 heteroatoms. The van der Waals surface area contributed by atoms with Crippen LogP contribution in [0.4, 0.5) is 5.69 Å².